The van der Waals surface area contributed by atoms with Crippen LogP contribution >= 0.6 is 0 Å². The van der Waals surface area contributed by atoms with Crippen molar-refractivity contribution >= 4 is 11.4 Å². The van der Waals surface area contributed by atoms with Gasteiger partial charge in [0.25, 0.3) is 0 Å². The normalized spacial score (nSPS) is 12.4. The number of aromatic hydroxyl groups is 1. The summed E-state index contributed by atoms with van der Waals surface area (Å²) in [6.07, 6.45) is 6.37. The molecule has 0 heterocycles. The molecule has 0 aliphatic rings. The maximum absolute atomic E-state index is 9.24. The van der Waals surface area contributed by atoms with Gasteiger partial charge in [-0.15, -0.1) is 0 Å². The fourth-order valence-corrected chi connectivity index (χ4v) is 2.38. The monoisotopic (exact) mass is 326 g/mol. The zero-order valence-electron chi connectivity index (χ0n) is 14.5. The molecule has 4 nitrogen and oxygen atoms in total. The van der Waals surface area contributed by atoms with Gasteiger partial charge >= 0.3 is 0 Å². The molecule has 0 radical (unpaired) electrons. The number of phenolic OH excluding ortho intramolecular Hbond substituents is 1. The summed E-state index contributed by atoms with van der Waals surface area (Å²) in [5, 5.41) is 17.6. The molecule has 0 bridgehead atoms. The van der Waals surface area contributed by atoms with E-state index in [1.807, 2.05) is 24.3 Å². The molecule has 0 saturated heterocycles. The summed E-state index contributed by atoms with van der Waals surface area (Å²) >= 11 is 0. The summed E-state index contributed by atoms with van der Waals surface area (Å²) in [5.41, 5.74) is 1.47. The molecule has 0 spiro atoms. The molecule has 2 aromatic rings. The van der Waals surface area contributed by atoms with Gasteiger partial charge in [-0.3, -0.25) is 0 Å². The summed E-state index contributed by atoms with van der Waals surface area (Å²) in [6.45, 7) is 4.34. The van der Waals surface area contributed by atoms with Gasteiger partial charge in [-0.05, 0) is 68.3 Å². The van der Waals surface area contributed by atoms with Gasteiger partial charge in [0.15, 0.2) is 0 Å². The van der Waals surface area contributed by atoms with Crippen LogP contribution in [-0.4, -0.2) is 11.2 Å². The van der Waals surface area contributed by atoms with Crippen LogP contribution in [0.5, 0.6) is 11.5 Å². The van der Waals surface area contributed by atoms with Crippen LogP contribution in [0.25, 0.3) is 0 Å². The largest absolute Gasteiger partial charge is 0.508 e. The van der Waals surface area contributed by atoms with Crippen LogP contribution in [0.2, 0.25) is 0 Å². The van der Waals surface area contributed by atoms with Gasteiger partial charge < -0.3 is 9.84 Å². The number of hydrogen-bond donors (Lipinski definition) is 1. The van der Waals surface area contributed by atoms with Crippen LogP contribution in [-0.2, 0) is 0 Å². The van der Waals surface area contributed by atoms with E-state index in [0.717, 1.165) is 17.9 Å². The van der Waals surface area contributed by atoms with E-state index in [-0.39, 0.29) is 11.9 Å². The fraction of sp³-hybridized carbons (Fsp3) is 0.400. The topological polar surface area (TPSA) is 54.2 Å². The lowest BCUT2D eigenvalue weighted by Crippen LogP contribution is -2.11. The summed E-state index contributed by atoms with van der Waals surface area (Å²) in [6, 6.07) is 14.3. The first-order valence-corrected chi connectivity index (χ1v) is 8.65. The molecular formula is C20H26N2O2. The highest BCUT2D eigenvalue weighted by Gasteiger charge is 2.04. The molecule has 0 aliphatic carbocycles. The number of rotatable bonds is 9. The Bertz CT molecular complexity index is 621. The third-order valence-electron chi connectivity index (χ3n) is 3.77. The Morgan fingerprint density at radius 2 is 1.46 bits per heavy atom. The molecule has 4 heteroatoms. The highest BCUT2D eigenvalue weighted by Crippen LogP contribution is 2.23. The Morgan fingerprint density at radius 1 is 0.875 bits per heavy atom. The first-order valence-electron chi connectivity index (χ1n) is 8.65. The van der Waals surface area contributed by atoms with Crippen LogP contribution in [0.1, 0.15) is 46.0 Å². The molecule has 0 fully saturated rings. The summed E-state index contributed by atoms with van der Waals surface area (Å²) < 4.78 is 5.93. The second kappa shape index (κ2) is 9.71. The van der Waals surface area contributed by atoms with Crippen molar-refractivity contribution in [2.75, 3.05) is 0 Å². The molecule has 0 aliphatic heterocycles. The highest BCUT2D eigenvalue weighted by atomic mass is 16.5. The third-order valence-corrected chi connectivity index (χ3v) is 3.77. The van der Waals surface area contributed by atoms with E-state index in [2.05, 4.69) is 24.1 Å². The molecule has 1 unspecified atom stereocenters. The van der Waals surface area contributed by atoms with Crippen molar-refractivity contribution in [2.24, 2.45) is 10.2 Å². The van der Waals surface area contributed by atoms with Crippen LogP contribution in [0.3, 0.4) is 0 Å². The summed E-state index contributed by atoms with van der Waals surface area (Å²) in [7, 11) is 0. The molecule has 2 aromatic carbocycles. The second-order valence-electron chi connectivity index (χ2n) is 5.99. The molecule has 0 aromatic heterocycles. The van der Waals surface area contributed by atoms with Gasteiger partial charge in [-0.1, -0.05) is 26.2 Å². The van der Waals surface area contributed by atoms with Crippen molar-refractivity contribution in [3.63, 3.8) is 0 Å². The minimum atomic E-state index is 0.222. The molecule has 0 saturated carbocycles. The highest BCUT2D eigenvalue weighted by molar-refractivity contribution is 5.43. The van der Waals surface area contributed by atoms with Gasteiger partial charge in [-0.2, -0.15) is 10.2 Å². The number of ether oxygens (including phenoxy) is 1. The van der Waals surface area contributed by atoms with E-state index in [1.54, 1.807) is 24.3 Å². The van der Waals surface area contributed by atoms with Crippen LogP contribution in [0, 0.1) is 0 Å². The van der Waals surface area contributed by atoms with Gasteiger partial charge in [-0.25, -0.2) is 0 Å². The lowest BCUT2D eigenvalue weighted by Gasteiger charge is -2.14. The minimum absolute atomic E-state index is 0.222. The van der Waals surface area contributed by atoms with Gasteiger partial charge in [0.1, 0.15) is 11.5 Å². The molecular weight excluding hydrogens is 300 g/mol. The number of benzene rings is 2. The zero-order chi connectivity index (χ0) is 17.2. The van der Waals surface area contributed by atoms with Crippen molar-refractivity contribution in [3.8, 4) is 11.5 Å². The number of hydrogen-bond acceptors (Lipinski definition) is 4. The van der Waals surface area contributed by atoms with Crippen LogP contribution < -0.4 is 4.74 Å². The van der Waals surface area contributed by atoms with Crippen LogP contribution in [0.4, 0.5) is 11.4 Å². The number of phenols is 1. The molecule has 2 rings (SSSR count). The standard InChI is InChI=1S/C20H26N2O2/c1-3-4-5-6-7-16(2)24-20-14-10-18(11-15-20)22-21-17-8-12-19(23)13-9-17/h8-16,23H,3-7H2,1-2H3/b22-21+. The molecule has 1 atom stereocenters. The Morgan fingerprint density at radius 3 is 2.04 bits per heavy atom. The van der Waals surface area contributed by atoms with Crippen molar-refractivity contribution in [3.05, 3.63) is 48.5 Å². The first-order chi connectivity index (χ1) is 11.7. The number of azo groups is 1. The lowest BCUT2D eigenvalue weighted by molar-refractivity contribution is 0.206. The van der Waals surface area contributed by atoms with E-state index < -0.39 is 0 Å². The van der Waals surface area contributed by atoms with E-state index in [4.69, 9.17) is 4.74 Å². The van der Waals surface area contributed by atoms with Crippen molar-refractivity contribution in [1.82, 2.24) is 0 Å². The van der Waals surface area contributed by atoms with Crippen molar-refractivity contribution in [2.45, 2.75) is 52.1 Å². The van der Waals surface area contributed by atoms with E-state index in [0.29, 0.717) is 5.69 Å². The van der Waals surface area contributed by atoms with Crippen LogP contribution in [0.15, 0.2) is 58.8 Å². The smallest absolute Gasteiger partial charge is 0.119 e. The molecule has 0 amide bonds. The maximum Gasteiger partial charge on any atom is 0.119 e. The predicted octanol–water partition coefficient (Wildman–Crippen LogP) is 6.55. The van der Waals surface area contributed by atoms with E-state index >= 15 is 0 Å². The van der Waals surface area contributed by atoms with Gasteiger partial charge in [0.2, 0.25) is 0 Å². The van der Waals surface area contributed by atoms with Crippen molar-refractivity contribution < 1.29 is 9.84 Å². The SMILES string of the molecule is CCCCCCC(C)Oc1ccc(/N=N/c2ccc(O)cc2)cc1. The Hall–Kier alpha value is -2.36. The first kappa shape index (κ1) is 18.0. The van der Waals surface area contributed by atoms with E-state index in [1.165, 1.54) is 25.7 Å². The molecule has 24 heavy (non-hydrogen) atoms. The Kier molecular flexibility index (Phi) is 7.27. The quantitative estimate of drug-likeness (QED) is 0.420. The van der Waals surface area contributed by atoms with Gasteiger partial charge in [0, 0.05) is 0 Å². The summed E-state index contributed by atoms with van der Waals surface area (Å²) in [5.74, 6) is 1.08. The Balaban J connectivity index is 1.82. The Labute approximate surface area is 144 Å². The molecule has 128 valence electrons. The molecule has 1 N–H and O–H groups in total. The minimum Gasteiger partial charge on any atom is -0.508 e. The lowest BCUT2D eigenvalue weighted by atomic mass is 10.1. The third kappa shape index (κ3) is 6.41. The second-order valence-corrected chi connectivity index (χ2v) is 5.99. The zero-order valence-corrected chi connectivity index (χ0v) is 14.5. The fourth-order valence-electron chi connectivity index (χ4n) is 2.38. The number of nitrogens with zero attached hydrogens (tertiary/aromatic N) is 2. The predicted molar refractivity (Wildman–Crippen MR) is 97.6 cm³/mol. The maximum atomic E-state index is 9.24. The average Bonchev–Trinajstić information content (AvgIpc) is 2.59. The van der Waals surface area contributed by atoms with Crippen molar-refractivity contribution in [1.29, 1.82) is 0 Å². The van der Waals surface area contributed by atoms with Gasteiger partial charge in [0.05, 0.1) is 17.5 Å². The average molecular weight is 326 g/mol. The number of unbranched alkanes of at least 4 members (excludes halogenated alkanes) is 3. The van der Waals surface area contributed by atoms with E-state index in [9.17, 15) is 5.11 Å². The summed E-state index contributed by atoms with van der Waals surface area (Å²) in [4.78, 5) is 0.